The summed E-state index contributed by atoms with van der Waals surface area (Å²) >= 11 is 1.65. The standard InChI is InChI=1S/C25H25FN4O3S/c1-2-25(17-9-11-18(26)12-10-17)23(32)30(24(33)28-25)15-21(31)29-13-5-6-16(14-29)22-27-19-7-3-4-8-20(19)34-22/h3-4,7-12,16H,2,5-6,13-15H2,1H3,(H,28,33)/t16-,25-/m1/s1. The molecule has 2 aliphatic rings. The van der Waals surface area contributed by atoms with Crippen LogP contribution in [0.15, 0.2) is 48.5 Å². The van der Waals surface area contributed by atoms with Crippen molar-refractivity contribution in [3.05, 3.63) is 64.9 Å². The van der Waals surface area contributed by atoms with Crippen molar-refractivity contribution >= 4 is 39.4 Å². The number of hydrogen-bond acceptors (Lipinski definition) is 5. The monoisotopic (exact) mass is 480 g/mol. The third kappa shape index (κ3) is 3.83. The summed E-state index contributed by atoms with van der Waals surface area (Å²) in [5.41, 5.74) is 0.164. The van der Waals surface area contributed by atoms with Crippen LogP contribution in [0, 0.1) is 5.82 Å². The number of fused-ring (bicyclic) bond motifs is 1. The number of piperidine rings is 1. The largest absolute Gasteiger partial charge is 0.340 e. The van der Waals surface area contributed by atoms with E-state index in [4.69, 9.17) is 4.98 Å². The summed E-state index contributed by atoms with van der Waals surface area (Å²) in [5.74, 6) is -1.04. The number of nitrogens with zero attached hydrogens (tertiary/aromatic N) is 3. The number of carbonyl (C=O) groups excluding carboxylic acids is 3. The molecule has 0 spiro atoms. The van der Waals surface area contributed by atoms with Gasteiger partial charge >= 0.3 is 6.03 Å². The fourth-order valence-electron chi connectivity index (χ4n) is 4.85. The first-order valence-corrected chi connectivity index (χ1v) is 12.3. The molecule has 3 heterocycles. The van der Waals surface area contributed by atoms with Gasteiger partial charge in [-0.05, 0) is 49.1 Å². The Morgan fingerprint density at radius 2 is 1.97 bits per heavy atom. The van der Waals surface area contributed by atoms with E-state index >= 15 is 0 Å². The Morgan fingerprint density at radius 1 is 1.21 bits per heavy atom. The number of likely N-dealkylation sites (tertiary alicyclic amines) is 1. The number of aromatic nitrogens is 1. The molecule has 2 fully saturated rings. The van der Waals surface area contributed by atoms with Gasteiger partial charge < -0.3 is 10.2 Å². The van der Waals surface area contributed by atoms with Gasteiger partial charge in [0, 0.05) is 19.0 Å². The smallest absolute Gasteiger partial charge is 0.325 e. The van der Waals surface area contributed by atoms with Gasteiger partial charge in [0.2, 0.25) is 5.91 Å². The molecule has 1 N–H and O–H groups in total. The maximum Gasteiger partial charge on any atom is 0.325 e. The van der Waals surface area contributed by atoms with Crippen LogP contribution >= 0.6 is 11.3 Å². The first-order chi connectivity index (χ1) is 16.4. The van der Waals surface area contributed by atoms with Crippen molar-refractivity contribution in [1.29, 1.82) is 0 Å². The van der Waals surface area contributed by atoms with Crippen LogP contribution in [-0.4, -0.2) is 52.3 Å². The Hall–Kier alpha value is -3.33. The molecule has 7 nitrogen and oxygen atoms in total. The Bertz CT molecular complexity index is 1230. The highest BCUT2D eigenvalue weighted by Crippen LogP contribution is 2.34. The molecule has 2 atom stereocenters. The molecule has 4 amide bonds. The molecular formula is C25H25FN4O3S. The number of hydrogen-bond donors (Lipinski definition) is 1. The third-order valence-corrected chi connectivity index (χ3v) is 7.97. The molecule has 0 unspecified atom stereocenters. The lowest BCUT2D eigenvalue weighted by Gasteiger charge is -2.32. The van der Waals surface area contributed by atoms with Gasteiger partial charge in [-0.3, -0.25) is 14.5 Å². The number of nitrogens with one attached hydrogen (secondary N) is 1. The number of urea groups is 1. The number of amides is 4. The van der Waals surface area contributed by atoms with Gasteiger partial charge in [-0.25, -0.2) is 14.2 Å². The lowest BCUT2D eigenvalue weighted by Crippen LogP contribution is -2.47. The van der Waals surface area contributed by atoms with Gasteiger partial charge in [0.05, 0.1) is 15.2 Å². The van der Waals surface area contributed by atoms with E-state index in [0.29, 0.717) is 18.7 Å². The van der Waals surface area contributed by atoms with E-state index in [9.17, 15) is 18.8 Å². The van der Waals surface area contributed by atoms with E-state index in [1.807, 2.05) is 24.3 Å². The summed E-state index contributed by atoms with van der Waals surface area (Å²) in [7, 11) is 0. The SMILES string of the molecule is CC[C@]1(c2ccc(F)cc2)NC(=O)N(CC(=O)N2CCC[C@@H](c3nc4ccccc4s3)C2)C1=O. The zero-order valence-electron chi connectivity index (χ0n) is 18.8. The maximum absolute atomic E-state index is 13.4. The molecule has 3 aromatic rings. The van der Waals surface area contributed by atoms with Gasteiger partial charge in [0.1, 0.15) is 17.9 Å². The first kappa shape index (κ1) is 22.5. The molecule has 2 aromatic carbocycles. The summed E-state index contributed by atoms with van der Waals surface area (Å²) in [6.45, 7) is 2.56. The number of para-hydroxylation sites is 1. The summed E-state index contributed by atoms with van der Waals surface area (Å²) in [6, 6.07) is 12.9. The number of benzene rings is 2. The molecular weight excluding hydrogens is 455 g/mol. The van der Waals surface area contributed by atoms with Crippen molar-refractivity contribution in [2.45, 2.75) is 37.6 Å². The minimum atomic E-state index is -1.30. The molecule has 0 aliphatic carbocycles. The molecule has 0 saturated carbocycles. The molecule has 9 heteroatoms. The van der Waals surface area contributed by atoms with Crippen molar-refractivity contribution in [2.24, 2.45) is 0 Å². The predicted molar refractivity (Wildman–Crippen MR) is 127 cm³/mol. The quantitative estimate of drug-likeness (QED) is 0.560. The molecule has 2 saturated heterocycles. The number of halogens is 1. The summed E-state index contributed by atoms with van der Waals surface area (Å²) in [4.78, 5) is 46.7. The van der Waals surface area contributed by atoms with E-state index < -0.39 is 23.3 Å². The summed E-state index contributed by atoms with van der Waals surface area (Å²) < 4.78 is 14.5. The number of thiazole rings is 1. The van der Waals surface area contributed by atoms with Gasteiger partial charge in [0.25, 0.3) is 5.91 Å². The molecule has 0 bridgehead atoms. The average molecular weight is 481 g/mol. The second-order valence-corrected chi connectivity index (χ2v) is 9.85. The minimum Gasteiger partial charge on any atom is -0.340 e. The number of imide groups is 1. The maximum atomic E-state index is 13.4. The Labute approximate surface area is 200 Å². The van der Waals surface area contributed by atoms with Crippen molar-refractivity contribution < 1.29 is 18.8 Å². The zero-order valence-corrected chi connectivity index (χ0v) is 19.6. The molecule has 5 rings (SSSR count). The lowest BCUT2D eigenvalue weighted by atomic mass is 9.87. The van der Waals surface area contributed by atoms with Crippen LogP contribution in [0.1, 0.15) is 42.7 Å². The van der Waals surface area contributed by atoms with Crippen molar-refractivity contribution in [3.8, 4) is 0 Å². The molecule has 2 aliphatic heterocycles. The highest BCUT2D eigenvalue weighted by atomic mass is 32.1. The van der Waals surface area contributed by atoms with E-state index in [-0.39, 0.29) is 24.8 Å². The summed E-state index contributed by atoms with van der Waals surface area (Å²) in [6.07, 6.45) is 2.06. The number of carbonyl (C=O) groups is 3. The average Bonchev–Trinajstić information content (AvgIpc) is 3.40. The van der Waals surface area contributed by atoms with Gasteiger partial charge in [0.15, 0.2) is 0 Å². The van der Waals surface area contributed by atoms with Crippen LogP contribution in [0.5, 0.6) is 0 Å². The lowest BCUT2D eigenvalue weighted by molar-refractivity contribution is -0.140. The van der Waals surface area contributed by atoms with Crippen LogP contribution in [0.4, 0.5) is 9.18 Å². The van der Waals surface area contributed by atoms with Crippen LogP contribution in [0.3, 0.4) is 0 Å². The van der Waals surface area contributed by atoms with Crippen molar-refractivity contribution in [1.82, 2.24) is 20.1 Å². The highest BCUT2D eigenvalue weighted by molar-refractivity contribution is 7.18. The fourth-order valence-corrected chi connectivity index (χ4v) is 5.94. The Morgan fingerprint density at radius 3 is 2.71 bits per heavy atom. The second-order valence-electron chi connectivity index (χ2n) is 8.79. The molecule has 34 heavy (non-hydrogen) atoms. The molecule has 1 aromatic heterocycles. The predicted octanol–water partition coefficient (Wildman–Crippen LogP) is 4.00. The highest BCUT2D eigenvalue weighted by Gasteiger charge is 2.52. The van der Waals surface area contributed by atoms with E-state index in [1.54, 1.807) is 23.2 Å². The normalized spacial score (nSPS) is 22.9. The minimum absolute atomic E-state index is 0.132. The number of rotatable bonds is 5. The van der Waals surface area contributed by atoms with Crippen molar-refractivity contribution in [2.75, 3.05) is 19.6 Å². The molecule has 176 valence electrons. The van der Waals surface area contributed by atoms with Gasteiger partial charge in [-0.2, -0.15) is 0 Å². The van der Waals surface area contributed by atoms with Gasteiger partial charge in [-0.1, -0.05) is 31.2 Å². The second kappa shape index (κ2) is 8.79. The Balaban J connectivity index is 1.31. The Kier molecular flexibility index (Phi) is 5.81. The van der Waals surface area contributed by atoms with Crippen molar-refractivity contribution in [3.63, 3.8) is 0 Å². The van der Waals surface area contributed by atoms with E-state index in [0.717, 1.165) is 33.0 Å². The van der Waals surface area contributed by atoms with E-state index in [1.165, 1.54) is 24.3 Å². The van der Waals surface area contributed by atoms with Crippen LogP contribution in [0.25, 0.3) is 10.2 Å². The van der Waals surface area contributed by atoms with Crippen LogP contribution < -0.4 is 5.32 Å². The topological polar surface area (TPSA) is 82.6 Å². The summed E-state index contributed by atoms with van der Waals surface area (Å²) in [5, 5.41) is 3.76. The third-order valence-electron chi connectivity index (χ3n) is 6.77. The fraction of sp³-hybridized carbons (Fsp3) is 0.360. The van der Waals surface area contributed by atoms with Crippen LogP contribution in [0.2, 0.25) is 0 Å². The van der Waals surface area contributed by atoms with Crippen LogP contribution in [-0.2, 0) is 15.1 Å². The molecule has 0 radical (unpaired) electrons. The zero-order chi connectivity index (χ0) is 23.9. The van der Waals surface area contributed by atoms with E-state index in [2.05, 4.69) is 5.32 Å². The first-order valence-electron chi connectivity index (χ1n) is 11.4. The van der Waals surface area contributed by atoms with Gasteiger partial charge in [-0.15, -0.1) is 11.3 Å².